The summed E-state index contributed by atoms with van der Waals surface area (Å²) in [6, 6.07) is 15.8. The van der Waals surface area contributed by atoms with Crippen LogP contribution in [0.3, 0.4) is 0 Å². The summed E-state index contributed by atoms with van der Waals surface area (Å²) < 4.78 is 10.7. The molecule has 0 bridgehead atoms. The van der Waals surface area contributed by atoms with Crippen molar-refractivity contribution in [3.63, 3.8) is 0 Å². The zero-order valence-corrected chi connectivity index (χ0v) is 20.8. The Morgan fingerprint density at radius 3 is 2.45 bits per heavy atom. The van der Waals surface area contributed by atoms with E-state index in [-0.39, 0.29) is 17.5 Å². The molecule has 2 saturated heterocycles. The first-order valence-corrected chi connectivity index (χ1v) is 12.8. The van der Waals surface area contributed by atoms with Gasteiger partial charge in [0.1, 0.15) is 6.04 Å². The molecule has 0 radical (unpaired) electrons. The molecule has 4 unspecified atom stereocenters. The lowest BCUT2D eigenvalue weighted by Crippen LogP contribution is -2.44. The van der Waals surface area contributed by atoms with Crippen LogP contribution in [-0.2, 0) is 14.3 Å². The highest BCUT2D eigenvalue weighted by atomic mass is 16.5. The van der Waals surface area contributed by atoms with E-state index in [0.717, 1.165) is 28.9 Å². The maximum Gasteiger partial charge on any atom is 0.338 e. The maximum absolute atomic E-state index is 13.9. The monoisotopic (exact) mass is 510 g/mol. The maximum atomic E-state index is 13.9. The number of imide groups is 1. The number of carbonyl (C=O) groups excluding carboxylic acids is 4. The number of carbonyl (C=O) groups is 4. The Morgan fingerprint density at radius 1 is 0.947 bits per heavy atom. The number of furan rings is 1. The molecular weight excluding hydrogens is 484 g/mol. The molecule has 4 atom stereocenters. The van der Waals surface area contributed by atoms with E-state index in [9.17, 15) is 19.2 Å². The molecule has 6 rings (SSSR count). The molecule has 4 heterocycles. The molecule has 2 amide bonds. The van der Waals surface area contributed by atoms with Gasteiger partial charge >= 0.3 is 5.97 Å². The van der Waals surface area contributed by atoms with Gasteiger partial charge in [0.25, 0.3) is 0 Å². The third-order valence-corrected chi connectivity index (χ3v) is 7.59. The Kier molecular flexibility index (Phi) is 5.94. The first-order chi connectivity index (χ1) is 18.5. The summed E-state index contributed by atoms with van der Waals surface area (Å²) in [5, 5.41) is 0. The van der Waals surface area contributed by atoms with Crippen LogP contribution in [0.2, 0.25) is 0 Å². The number of ether oxygens (including phenoxy) is 1. The second-order valence-corrected chi connectivity index (χ2v) is 9.72. The van der Waals surface area contributed by atoms with Gasteiger partial charge in [0.15, 0.2) is 5.76 Å². The number of esters is 1. The van der Waals surface area contributed by atoms with Crippen LogP contribution in [0.4, 0.5) is 5.69 Å². The average Bonchev–Trinajstić information content (AvgIpc) is 3.65. The van der Waals surface area contributed by atoms with Crippen molar-refractivity contribution in [2.45, 2.75) is 31.8 Å². The zero-order valence-electron chi connectivity index (χ0n) is 20.8. The Labute approximate surface area is 219 Å². The van der Waals surface area contributed by atoms with Crippen molar-refractivity contribution >= 4 is 35.3 Å². The quantitative estimate of drug-likeness (QED) is 0.198. The Balaban J connectivity index is 1.36. The number of ketones is 1. The molecule has 2 aromatic carbocycles. The highest BCUT2D eigenvalue weighted by Crippen LogP contribution is 2.53. The van der Waals surface area contributed by atoms with E-state index in [1.54, 1.807) is 42.6 Å². The summed E-state index contributed by atoms with van der Waals surface area (Å²) >= 11 is 0. The van der Waals surface area contributed by atoms with Gasteiger partial charge in [-0.25, -0.2) is 9.69 Å². The molecule has 3 aromatic rings. The number of fused-ring (bicyclic) bond motifs is 5. The number of rotatable bonds is 7. The molecule has 3 aliphatic heterocycles. The zero-order chi connectivity index (χ0) is 26.4. The predicted octanol–water partition coefficient (Wildman–Crippen LogP) is 4.63. The fraction of sp³-hybridized carbons (Fsp3) is 0.267. The van der Waals surface area contributed by atoms with Gasteiger partial charge in [-0.1, -0.05) is 37.6 Å². The van der Waals surface area contributed by atoms with E-state index in [0.29, 0.717) is 17.9 Å². The molecule has 0 spiro atoms. The van der Waals surface area contributed by atoms with Gasteiger partial charge in [-0.2, -0.15) is 0 Å². The standard InChI is InChI=1S/C30H26N2O6/c1-2-3-16-38-30(36)19-10-12-20(13-11-19)32-28(34)23-24(29(32)35)26(27(33)22-9-6-17-37-22)31-15-14-18-7-4-5-8-21(18)25(23)31/h4-15,17,23-26H,2-3,16H2,1H3. The molecule has 192 valence electrons. The Bertz CT molecular complexity index is 1440. The molecule has 8 heteroatoms. The van der Waals surface area contributed by atoms with Crippen LogP contribution in [0.5, 0.6) is 0 Å². The van der Waals surface area contributed by atoms with Crippen molar-refractivity contribution in [1.29, 1.82) is 0 Å². The minimum Gasteiger partial charge on any atom is -0.462 e. The number of amides is 2. The van der Waals surface area contributed by atoms with E-state index in [1.807, 2.05) is 42.2 Å². The summed E-state index contributed by atoms with van der Waals surface area (Å²) in [7, 11) is 0. The van der Waals surface area contributed by atoms with E-state index in [2.05, 4.69) is 0 Å². The summed E-state index contributed by atoms with van der Waals surface area (Å²) in [5.74, 6) is -3.10. The normalized spacial score (nSPS) is 23.3. The Hall–Kier alpha value is -4.46. The van der Waals surface area contributed by atoms with Gasteiger partial charge in [0, 0.05) is 6.20 Å². The predicted molar refractivity (Wildman–Crippen MR) is 138 cm³/mol. The minimum atomic E-state index is -0.893. The van der Waals surface area contributed by atoms with Crippen LogP contribution < -0.4 is 4.90 Å². The summed E-state index contributed by atoms with van der Waals surface area (Å²) in [5.41, 5.74) is 2.54. The topological polar surface area (TPSA) is 97.1 Å². The third kappa shape index (κ3) is 3.67. The van der Waals surface area contributed by atoms with Gasteiger partial charge in [0.2, 0.25) is 17.6 Å². The smallest absolute Gasteiger partial charge is 0.338 e. The largest absolute Gasteiger partial charge is 0.462 e. The highest BCUT2D eigenvalue weighted by molar-refractivity contribution is 6.24. The number of hydrogen-bond donors (Lipinski definition) is 0. The average molecular weight is 511 g/mol. The van der Waals surface area contributed by atoms with Gasteiger partial charge in [-0.05, 0) is 60.0 Å². The Morgan fingerprint density at radius 2 is 1.71 bits per heavy atom. The fourth-order valence-electron chi connectivity index (χ4n) is 5.82. The van der Waals surface area contributed by atoms with Crippen LogP contribution in [-0.4, -0.2) is 41.1 Å². The SMILES string of the molecule is CCCCOC(=O)c1ccc(N2C(=O)C3C(C2=O)C2c4ccccc4C=CN2C3C(=O)c2ccco2)cc1. The molecule has 1 aromatic heterocycles. The van der Waals surface area contributed by atoms with E-state index in [1.165, 1.54) is 6.26 Å². The van der Waals surface area contributed by atoms with Gasteiger partial charge in [-0.3, -0.25) is 14.4 Å². The minimum absolute atomic E-state index is 0.145. The van der Waals surface area contributed by atoms with Crippen molar-refractivity contribution in [1.82, 2.24) is 4.90 Å². The van der Waals surface area contributed by atoms with Crippen molar-refractivity contribution in [3.8, 4) is 0 Å². The molecule has 2 fully saturated rings. The molecule has 8 nitrogen and oxygen atoms in total. The van der Waals surface area contributed by atoms with Gasteiger partial charge in [0.05, 0.1) is 42.0 Å². The lowest BCUT2D eigenvalue weighted by molar-refractivity contribution is -0.123. The van der Waals surface area contributed by atoms with E-state index >= 15 is 0 Å². The summed E-state index contributed by atoms with van der Waals surface area (Å²) in [6.45, 7) is 2.35. The lowest BCUT2D eigenvalue weighted by atomic mass is 9.84. The summed E-state index contributed by atoms with van der Waals surface area (Å²) in [4.78, 5) is 56.8. The molecule has 0 aliphatic carbocycles. The number of benzene rings is 2. The summed E-state index contributed by atoms with van der Waals surface area (Å²) in [6.07, 6.45) is 6.82. The second-order valence-electron chi connectivity index (χ2n) is 9.72. The van der Waals surface area contributed by atoms with Crippen molar-refractivity contribution < 1.29 is 28.3 Å². The van der Waals surface area contributed by atoms with Crippen LogP contribution >= 0.6 is 0 Å². The van der Waals surface area contributed by atoms with Crippen LogP contribution in [0.15, 0.2) is 77.5 Å². The number of anilines is 1. The van der Waals surface area contributed by atoms with Gasteiger partial charge < -0.3 is 14.1 Å². The van der Waals surface area contributed by atoms with Crippen LogP contribution in [0.25, 0.3) is 6.08 Å². The second kappa shape index (κ2) is 9.45. The third-order valence-electron chi connectivity index (χ3n) is 7.59. The molecule has 38 heavy (non-hydrogen) atoms. The van der Waals surface area contributed by atoms with Gasteiger partial charge in [-0.15, -0.1) is 0 Å². The first kappa shape index (κ1) is 23.9. The van der Waals surface area contributed by atoms with E-state index < -0.39 is 35.8 Å². The number of nitrogens with zero attached hydrogens (tertiary/aromatic N) is 2. The first-order valence-electron chi connectivity index (χ1n) is 12.8. The van der Waals surface area contributed by atoms with Crippen molar-refractivity contribution in [3.05, 3.63) is 95.6 Å². The van der Waals surface area contributed by atoms with Crippen LogP contribution in [0.1, 0.15) is 57.8 Å². The number of unbranched alkanes of at least 4 members (excludes halogenated alkanes) is 1. The highest BCUT2D eigenvalue weighted by Gasteiger charge is 2.64. The molecule has 0 saturated carbocycles. The van der Waals surface area contributed by atoms with Crippen molar-refractivity contribution in [2.24, 2.45) is 11.8 Å². The fourth-order valence-corrected chi connectivity index (χ4v) is 5.82. The molecule has 0 N–H and O–H groups in total. The number of Topliss-reactive ketones (excluding diaryl/α,β-unsaturated/α-hetero) is 1. The van der Waals surface area contributed by atoms with E-state index in [4.69, 9.17) is 9.15 Å². The molecular formula is C30H26N2O6. The van der Waals surface area contributed by atoms with Crippen LogP contribution in [0, 0.1) is 11.8 Å². The van der Waals surface area contributed by atoms with Crippen molar-refractivity contribution in [2.75, 3.05) is 11.5 Å². The molecule has 3 aliphatic rings. The number of hydrogen-bond acceptors (Lipinski definition) is 7. The lowest BCUT2D eigenvalue weighted by Gasteiger charge is -2.35.